The molecule has 0 nitrogen and oxygen atoms in total. The van der Waals surface area contributed by atoms with E-state index in [1.165, 1.54) is 131 Å². The van der Waals surface area contributed by atoms with E-state index in [-0.39, 0.29) is 5.41 Å². The highest BCUT2D eigenvalue weighted by Crippen LogP contribution is 2.56. The van der Waals surface area contributed by atoms with Gasteiger partial charge in [-0.2, -0.15) is 0 Å². The molecule has 284 valence electrons. The SMILES string of the molecule is CC1(C)c2cc3c4ccccc4c4ccccc4c3cc2-c2c1cc(-c1c3ccccc3c(-c3ccc(-c4cccc5ccccc45)cc3)c3ccccc13)c1ccccc21. The summed E-state index contributed by atoms with van der Waals surface area (Å²) in [6.07, 6.45) is 0. The first-order valence-corrected chi connectivity index (χ1v) is 21.5. The zero-order chi connectivity index (χ0) is 40.4. The molecule has 0 atom stereocenters. The highest BCUT2D eigenvalue weighted by atomic mass is 14.4. The molecule has 0 N–H and O–H groups in total. The molecule has 0 unspecified atom stereocenters. The lowest BCUT2D eigenvalue weighted by molar-refractivity contribution is 0.662. The molecule has 0 fully saturated rings. The zero-order valence-corrected chi connectivity index (χ0v) is 34.1. The van der Waals surface area contributed by atoms with Crippen LogP contribution in [-0.2, 0) is 5.41 Å². The minimum atomic E-state index is -0.220. The van der Waals surface area contributed by atoms with Crippen LogP contribution in [0.15, 0.2) is 206 Å². The molecule has 0 bridgehead atoms. The predicted octanol–water partition coefficient (Wildman–Crippen LogP) is 17.1. The lowest BCUT2D eigenvalue weighted by Crippen LogP contribution is -2.15. The largest absolute Gasteiger partial charge is 0.0616 e. The second-order valence-corrected chi connectivity index (χ2v) is 17.5. The maximum absolute atomic E-state index is 2.56. The van der Waals surface area contributed by atoms with Crippen molar-refractivity contribution in [2.75, 3.05) is 0 Å². The van der Waals surface area contributed by atoms with Crippen LogP contribution in [0.5, 0.6) is 0 Å². The van der Waals surface area contributed by atoms with Gasteiger partial charge in [0.05, 0.1) is 0 Å². The summed E-state index contributed by atoms with van der Waals surface area (Å²) in [4.78, 5) is 0. The molecule has 1 aliphatic carbocycles. The Morgan fingerprint density at radius 1 is 0.246 bits per heavy atom. The van der Waals surface area contributed by atoms with Crippen molar-refractivity contribution in [2.45, 2.75) is 19.3 Å². The Morgan fingerprint density at radius 2 is 0.672 bits per heavy atom. The van der Waals surface area contributed by atoms with Gasteiger partial charge in [0.25, 0.3) is 0 Å². The smallest absolute Gasteiger partial charge is 0.0159 e. The van der Waals surface area contributed by atoms with Crippen LogP contribution in [0.3, 0.4) is 0 Å². The first-order chi connectivity index (χ1) is 30.0. The average Bonchev–Trinajstić information content (AvgIpc) is 3.54. The van der Waals surface area contributed by atoms with Crippen molar-refractivity contribution >= 4 is 75.4 Å². The van der Waals surface area contributed by atoms with E-state index in [9.17, 15) is 0 Å². The Bertz CT molecular complexity index is 3760. The fourth-order valence-electron chi connectivity index (χ4n) is 11.2. The van der Waals surface area contributed by atoms with Crippen LogP contribution >= 0.6 is 0 Å². The molecule has 0 saturated heterocycles. The maximum atomic E-state index is 2.56. The molecule has 0 heterocycles. The summed E-state index contributed by atoms with van der Waals surface area (Å²) in [7, 11) is 0. The van der Waals surface area contributed by atoms with Crippen LogP contribution in [0.1, 0.15) is 25.0 Å². The van der Waals surface area contributed by atoms with E-state index in [0.717, 1.165) is 0 Å². The third-order valence-electron chi connectivity index (χ3n) is 14.0. The molecule has 0 radical (unpaired) electrons. The van der Waals surface area contributed by atoms with Crippen molar-refractivity contribution in [3.8, 4) is 44.5 Å². The molecule has 12 aromatic rings. The van der Waals surface area contributed by atoms with Gasteiger partial charge in [-0.05, 0) is 149 Å². The van der Waals surface area contributed by atoms with E-state index in [0.29, 0.717) is 0 Å². The van der Waals surface area contributed by atoms with E-state index in [1.807, 2.05) is 0 Å². The van der Waals surface area contributed by atoms with Crippen molar-refractivity contribution in [1.29, 1.82) is 0 Å². The first kappa shape index (κ1) is 34.3. The van der Waals surface area contributed by atoms with Crippen LogP contribution in [-0.4, -0.2) is 0 Å². The molecule has 1 aliphatic rings. The molecule has 0 aromatic heterocycles. The lowest BCUT2D eigenvalue weighted by atomic mass is 9.78. The minimum absolute atomic E-state index is 0.220. The van der Waals surface area contributed by atoms with Crippen LogP contribution < -0.4 is 0 Å². The van der Waals surface area contributed by atoms with E-state index < -0.39 is 0 Å². The van der Waals surface area contributed by atoms with Gasteiger partial charge in [-0.3, -0.25) is 0 Å². The summed E-state index contributed by atoms with van der Waals surface area (Å²) in [5.41, 5.74) is 12.9. The van der Waals surface area contributed by atoms with Gasteiger partial charge in [-0.25, -0.2) is 0 Å². The minimum Gasteiger partial charge on any atom is -0.0616 e. The third kappa shape index (κ3) is 4.82. The third-order valence-corrected chi connectivity index (χ3v) is 14.0. The summed E-state index contributed by atoms with van der Waals surface area (Å²) in [6.45, 7) is 4.87. The second kappa shape index (κ2) is 12.7. The van der Waals surface area contributed by atoms with Gasteiger partial charge in [-0.15, -0.1) is 0 Å². The van der Waals surface area contributed by atoms with Crippen LogP contribution in [0, 0.1) is 0 Å². The van der Waals surface area contributed by atoms with E-state index >= 15 is 0 Å². The number of hydrogen-bond donors (Lipinski definition) is 0. The fourth-order valence-corrected chi connectivity index (χ4v) is 11.2. The summed E-state index contributed by atoms with van der Waals surface area (Å²) in [6, 6.07) is 77.4. The van der Waals surface area contributed by atoms with Gasteiger partial charge < -0.3 is 0 Å². The molecule has 61 heavy (non-hydrogen) atoms. The lowest BCUT2D eigenvalue weighted by Gasteiger charge is -2.24. The molecule has 0 saturated carbocycles. The van der Waals surface area contributed by atoms with Gasteiger partial charge in [0.2, 0.25) is 0 Å². The Morgan fingerprint density at radius 3 is 1.26 bits per heavy atom. The first-order valence-electron chi connectivity index (χ1n) is 21.5. The topological polar surface area (TPSA) is 0 Å². The quantitative estimate of drug-likeness (QED) is 0.124. The molecule has 0 amide bonds. The molecular formula is C61H40. The molecule has 0 spiro atoms. The van der Waals surface area contributed by atoms with Crippen molar-refractivity contribution < 1.29 is 0 Å². The normalized spacial score (nSPS) is 13.2. The van der Waals surface area contributed by atoms with Crippen LogP contribution in [0.4, 0.5) is 0 Å². The molecule has 0 heteroatoms. The number of benzene rings is 12. The van der Waals surface area contributed by atoms with Crippen molar-refractivity contribution in [3.05, 3.63) is 217 Å². The van der Waals surface area contributed by atoms with Gasteiger partial charge in [0, 0.05) is 5.41 Å². The highest BCUT2D eigenvalue weighted by Gasteiger charge is 2.38. The Labute approximate surface area is 355 Å². The zero-order valence-electron chi connectivity index (χ0n) is 34.1. The van der Waals surface area contributed by atoms with Crippen molar-refractivity contribution in [2.24, 2.45) is 0 Å². The number of hydrogen-bond acceptors (Lipinski definition) is 0. The van der Waals surface area contributed by atoms with E-state index in [4.69, 9.17) is 0 Å². The van der Waals surface area contributed by atoms with Crippen molar-refractivity contribution in [3.63, 3.8) is 0 Å². The number of fused-ring (bicyclic) bond motifs is 14. The summed E-state index contributed by atoms with van der Waals surface area (Å²) < 4.78 is 0. The summed E-state index contributed by atoms with van der Waals surface area (Å²) >= 11 is 0. The predicted molar refractivity (Wildman–Crippen MR) is 263 cm³/mol. The molecule has 0 aliphatic heterocycles. The van der Waals surface area contributed by atoms with Crippen LogP contribution in [0.25, 0.3) is 120 Å². The Balaban J connectivity index is 1.06. The Hall–Kier alpha value is -7.54. The monoisotopic (exact) mass is 772 g/mol. The fraction of sp³-hybridized carbons (Fsp3) is 0.0492. The Kier molecular flexibility index (Phi) is 7.17. The standard InChI is InChI=1S/C61H40/c1-61(2)56-35-53-45-22-8-6-20-43(45)42-19-5-7-21-44(42)52(53)34-55(56)60-47-24-10-9-23-46(47)54(36-57(60)61)59-50-27-13-11-25-48(50)58(49-26-12-14-28-51(49)59)39-32-30-38(31-33-39)41-29-15-17-37-16-3-4-18-40(37)41/h3-36H,1-2H3. The molecule has 12 aromatic carbocycles. The van der Waals surface area contributed by atoms with Gasteiger partial charge in [-0.1, -0.05) is 202 Å². The van der Waals surface area contributed by atoms with Crippen LogP contribution in [0.2, 0.25) is 0 Å². The summed E-state index contributed by atoms with van der Waals surface area (Å²) in [5, 5.41) is 18.1. The van der Waals surface area contributed by atoms with E-state index in [1.54, 1.807) is 0 Å². The maximum Gasteiger partial charge on any atom is 0.0159 e. The molecule has 13 rings (SSSR count). The second-order valence-electron chi connectivity index (χ2n) is 17.5. The van der Waals surface area contributed by atoms with Gasteiger partial charge in [0.15, 0.2) is 0 Å². The average molecular weight is 773 g/mol. The highest BCUT2D eigenvalue weighted by molar-refractivity contribution is 6.28. The molecular weight excluding hydrogens is 733 g/mol. The van der Waals surface area contributed by atoms with Gasteiger partial charge in [0.1, 0.15) is 0 Å². The van der Waals surface area contributed by atoms with E-state index in [2.05, 4.69) is 220 Å². The van der Waals surface area contributed by atoms with Gasteiger partial charge >= 0.3 is 0 Å². The summed E-state index contributed by atoms with van der Waals surface area (Å²) in [5.74, 6) is 0. The van der Waals surface area contributed by atoms with Crippen molar-refractivity contribution in [1.82, 2.24) is 0 Å². The number of rotatable bonds is 3.